The molecule has 0 spiro atoms. The molecule has 1 aliphatic carbocycles. The zero-order chi connectivity index (χ0) is 15.5. The fraction of sp³-hybridized carbons (Fsp3) is 0.533. The molecule has 1 amide bonds. The molecular weight excluding hydrogens is 270 g/mol. The van der Waals surface area contributed by atoms with E-state index in [-0.39, 0.29) is 17.1 Å². The van der Waals surface area contributed by atoms with Gasteiger partial charge in [0.15, 0.2) is 0 Å². The third kappa shape index (κ3) is 3.78. The van der Waals surface area contributed by atoms with E-state index in [1.54, 1.807) is 19.1 Å². The second-order valence-corrected chi connectivity index (χ2v) is 5.84. The van der Waals surface area contributed by atoms with Crippen LogP contribution in [0.2, 0.25) is 0 Å². The highest BCUT2D eigenvalue weighted by molar-refractivity contribution is 5.77. The Balaban J connectivity index is 1.95. The molecule has 0 bridgehead atoms. The summed E-state index contributed by atoms with van der Waals surface area (Å²) in [5.41, 5.74) is 7.22. The number of nitrogens with one attached hydrogen (secondary N) is 1. The highest BCUT2D eigenvalue weighted by atomic mass is 16.6. The summed E-state index contributed by atoms with van der Waals surface area (Å²) in [5, 5.41) is 13.7. The molecule has 1 fully saturated rings. The average Bonchev–Trinajstić information content (AvgIpc) is 2.83. The first-order valence-corrected chi connectivity index (χ1v) is 7.20. The SMILES string of the molecule is Cc1c(CNC(=O)CC2(N)CCCC2)cccc1[N+](=O)[O-]. The lowest BCUT2D eigenvalue weighted by Crippen LogP contribution is -2.42. The van der Waals surface area contributed by atoms with E-state index in [2.05, 4.69) is 5.32 Å². The van der Waals surface area contributed by atoms with Gasteiger partial charge < -0.3 is 11.1 Å². The van der Waals surface area contributed by atoms with Crippen molar-refractivity contribution in [2.75, 3.05) is 0 Å². The minimum Gasteiger partial charge on any atom is -0.352 e. The van der Waals surface area contributed by atoms with Crippen LogP contribution in [0, 0.1) is 17.0 Å². The first-order chi connectivity index (χ1) is 9.91. The molecular formula is C15H21N3O3. The van der Waals surface area contributed by atoms with Gasteiger partial charge in [-0.05, 0) is 25.3 Å². The van der Waals surface area contributed by atoms with E-state index in [4.69, 9.17) is 5.73 Å². The molecule has 1 aromatic carbocycles. The van der Waals surface area contributed by atoms with Crippen molar-refractivity contribution in [2.45, 2.75) is 51.1 Å². The molecule has 6 nitrogen and oxygen atoms in total. The van der Waals surface area contributed by atoms with Gasteiger partial charge >= 0.3 is 0 Å². The van der Waals surface area contributed by atoms with Gasteiger partial charge in [0.2, 0.25) is 5.91 Å². The quantitative estimate of drug-likeness (QED) is 0.641. The monoisotopic (exact) mass is 291 g/mol. The van der Waals surface area contributed by atoms with E-state index in [1.165, 1.54) is 6.07 Å². The van der Waals surface area contributed by atoms with Crippen molar-refractivity contribution >= 4 is 11.6 Å². The van der Waals surface area contributed by atoms with Crippen LogP contribution in [0.3, 0.4) is 0 Å². The minimum atomic E-state index is -0.409. The Bertz CT molecular complexity index is 551. The summed E-state index contributed by atoms with van der Waals surface area (Å²) < 4.78 is 0. The van der Waals surface area contributed by atoms with E-state index < -0.39 is 4.92 Å². The molecule has 6 heteroatoms. The highest BCUT2D eigenvalue weighted by Crippen LogP contribution is 2.30. The Morgan fingerprint density at radius 3 is 2.71 bits per heavy atom. The first-order valence-electron chi connectivity index (χ1n) is 7.20. The Kier molecular flexibility index (Phi) is 4.57. The van der Waals surface area contributed by atoms with Crippen molar-refractivity contribution in [3.05, 3.63) is 39.4 Å². The highest BCUT2D eigenvalue weighted by Gasteiger charge is 2.31. The van der Waals surface area contributed by atoms with Gasteiger partial charge in [-0.15, -0.1) is 0 Å². The number of nitrogens with two attached hydrogens (primary N) is 1. The number of nitrogens with zero attached hydrogens (tertiary/aromatic N) is 1. The van der Waals surface area contributed by atoms with Gasteiger partial charge in [-0.2, -0.15) is 0 Å². The molecule has 0 atom stereocenters. The number of carbonyl (C=O) groups excluding carboxylic acids is 1. The lowest BCUT2D eigenvalue weighted by atomic mass is 9.94. The minimum absolute atomic E-state index is 0.0767. The molecule has 0 heterocycles. The summed E-state index contributed by atoms with van der Waals surface area (Å²) in [6, 6.07) is 4.89. The smallest absolute Gasteiger partial charge is 0.272 e. The number of nitro benzene ring substituents is 1. The van der Waals surface area contributed by atoms with Gasteiger partial charge in [0.1, 0.15) is 0 Å². The van der Waals surface area contributed by atoms with Gasteiger partial charge in [-0.25, -0.2) is 0 Å². The molecule has 114 valence electrons. The molecule has 0 saturated heterocycles. The third-order valence-electron chi connectivity index (χ3n) is 4.20. The van der Waals surface area contributed by atoms with Crippen LogP contribution in [-0.4, -0.2) is 16.4 Å². The van der Waals surface area contributed by atoms with Gasteiger partial charge in [-0.1, -0.05) is 25.0 Å². The first kappa shape index (κ1) is 15.4. The molecule has 2 rings (SSSR count). The maximum Gasteiger partial charge on any atom is 0.272 e. The predicted molar refractivity (Wildman–Crippen MR) is 79.7 cm³/mol. The zero-order valence-electron chi connectivity index (χ0n) is 12.2. The van der Waals surface area contributed by atoms with Crippen LogP contribution in [0.4, 0.5) is 5.69 Å². The molecule has 0 unspecified atom stereocenters. The third-order valence-corrected chi connectivity index (χ3v) is 4.20. The maximum absolute atomic E-state index is 12.0. The van der Waals surface area contributed by atoms with E-state index in [9.17, 15) is 14.9 Å². The standard InChI is InChI=1S/C15H21N3O3/c1-11-12(5-4-6-13(11)18(20)21)10-17-14(19)9-15(16)7-2-3-8-15/h4-6H,2-3,7-10,16H2,1H3,(H,17,19). The van der Waals surface area contributed by atoms with Crippen LogP contribution >= 0.6 is 0 Å². The Labute approximate surface area is 123 Å². The lowest BCUT2D eigenvalue weighted by Gasteiger charge is -2.22. The summed E-state index contributed by atoms with van der Waals surface area (Å²) in [6.45, 7) is 1.99. The second-order valence-electron chi connectivity index (χ2n) is 5.84. The number of amides is 1. The summed E-state index contributed by atoms with van der Waals surface area (Å²) in [4.78, 5) is 22.5. The van der Waals surface area contributed by atoms with E-state index >= 15 is 0 Å². The van der Waals surface area contributed by atoms with Crippen molar-refractivity contribution in [1.82, 2.24) is 5.32 Å². The molecule has 21 heavy (non-hydrogen) atoms. The predicted octanol–water partition coefficient (Wildman–Crippen LogP) is 2.18. The Hall–Kier alpha value is -1.95. The van der Waals surface area contributed by atoms with Crippen LogP contribution < -0.4 is 11.1 Å². The summed E-state index contributed by atoms with van der Waals surface area (Å²) >= 11 is 0. The van der Waals surface area contributed by atoms with Crippen molar-refractivity contribution in [3.63, 3.8) is 0 Å². The molecule has 0 aromatic heterocycles. The number of hydrogen-bond acceptors (Lipinski definition) is 4. The van der Waals surface area contributed by atoms with E-state index in [1.807, 2.05) is 0 Å². The topological polar surface area (TPSA) is 98.3 Å². The Morgan fingerprint density at radius 2 is 2.10 bits per heavy atom. The number of rotatable bonds is 5. The molecule has 0 radical (unpaired) electrons. The molecule has 0 aliphatic heterocycles. The van der Waals surface area contributed by atoms with Gasteiger partial charge in [0.05, 0.1) is 4.92 Å². The second kappa shape index (κ2) is 6.22. The van der Waals surface area contributed by atoms with E-state index in [0.717, 1.165) is 31.2 Å². The van der Waals surface area contributed by atoms with Gasteiger partial charge in [0, 0.05) is 30.1 Å². The van der Waals surface area contributed by atoms with Crippen LogP contribution in [0.25, 0.3) is 0 Å². The number of hydrogen-bond donors (Lipinski definition) is 2. The summed E-state index contributed by atoms with van der Waals surface area (Å²) in [5.74, 6) is -0.0923. The van der Waals surface area contributed by atoms with Crippen molar-refractivity contribution in [1.29, 1.82) is 0 Å². The molecule has 1 aromatic rings. The molecule has 1 saturated carbocycles. The largest absolute Gasteiger partial charge is 0.352 e. The van der Waals surface area contributed by atoms with Crippen molar-refractivity contribution < 1.29 is 9.72 Å². The van der Waals surface area contributed by atoms with Crippen LogP contribution in [0.1, 0.15) is 43.2 Å². The van der Waals surface area contributed by atoms with Crippen LogP contribution in [-0.2, 0) is 11.3 Å². The fourth-order valence-electron chi connectivity index (χ4n) is 2.89. The summed E-state index contributed by atoms with van der Waals surface area (Å²) in [6.07, 6.45) is 4.25. The van der Waals surface area contributed by atoms with Crippen molar-refractivity contribution in [3.8, 4) is 0 Å². The summed E-state index contributed by atoms with van der Waals surface area (Å²) in [7, 11) is 0. The fourth-order valence-corrected chi connectivity index (χ4v) is 2.89. The van der Waals surface area contributed by atoms with Crippen LogP contribution in [0.15, 0.2) is 18.2 Å². The average molecular weight is 291 g/mol. The van der Waals surface area contributed by atoms with Crippen molar-refractivity contribution in [2.24, 2.45) is 5.73 Å². The lowest BCUT2D eigenvalue weighted by molar-refractivity contribution is -0.385. The number of nitro groups is 1. The van der Waals surface area contributed by atoms with E-state index in [0.29, 0.717) is 18.5 Å². The normalized spacial score (nSPS) is 16.7. The molecule has 1 aliphatic rings. The molecule has 3 N–H and O–H groups in total. The number of carbonyl (C=O) groups is 1. The van der Waals surface area contributed by atoms with Crippen LogP contribution in [0.5, 0.6) is 0 Å². The van der Waals surface area contributed by atoms with Gasteiger partial charge in [0.25, 0.3) is 5.69 Å². The zero-order valence-corrected chi connectivity index (χ0v) is 12.2. The maximum atomic E-state index is 12.0. The Morgan fingerprint density at radius 1 is 1.43 bits per heavy atom. The number of benzene rings is 1. The van der Waals surface area contributed by atoms with Gasteiger partial charge in [-0.3, -0.25) is 14.9 Å².